The standard InChI is InChI=1S/C29H43Cl2N5O3/c1-2-3-4-5-6-7-8-9-10-11-19-39-21-36-20-25(34-28(37)26-23(30)13-12-14-24(26)31)27(35-36)29(38)33-22-15-17-32-18-16-22/h12-14,20,22,32H,2-11,15-19,21H2,1H3,(H,33,38)(H,34,37). The van der Waals surface area contributed by atoms with Gasteiger partial charge in [0, 0.05) is 12.6 Å². The quantitative estimate of drug-likeness (QED) is 0.179. The van der Waals surface area contributed by atoms with Crippen LogP contribution in [0.3, 0.4) is 0 Å². The smallest absolute Gasteiger partial charge is 0.274 e. The third-order valence-electron chi connectivity index (χ3n) is 6.95. The number of unbranched alkanes of at least 4 members (excludes halogenated alkanes) is 9. The molecule has 2 heterocycles. The number of hydrogen-bond acceptors (Lipinski definition) is 5. The molecule has 0 bridgehead atoms. The van der Waals surface area contributed by atoms with E-state index in [0.29, 0.717) is 6.61 Å². The van der Waals surface area contributed by atoms with Crippen molar-refractivity contribution in [2.24, 2.45) is 0 Å². The van der Waals surface area contributed by atoms with Gasteiger partial charge in [0.25, 0.3) is 11.8 Å². The summed E-state index contributed by atoms with van der Waals surface area (Å²) in [5.74, 6) is -0.844. The number of rotatable bonds is 17. The van der Waals surface area contributed by atoms with Crippen molar-refractivity contribution in [3.8, 4) is 0 Å². The second kappa shape index (κ2) is 17.5. The average molecular weight is 581 g/mol. The molecule has 0 radical (unpaired) electrons. The van der Waals surface area contributed by atoms with Gasteiger partial charge < -0.3 is 20.7 Å². The number of carbonyl (C=O) groups excluding carboxylic acids is 2. The highest BCUT2D eigenvalue weighted by Crippen LogP contribution is 2.26. The van der Waals surface area contributed by atoms with Crippen molar-refractivity contribution >= 4 is 40.7 Å². The van der Waals surface area contributed by atoms with Crippen LogP contribution in [0.1, 0.15) is 105 Å². The first-order valence-corrected chi connectivity index (χ1v) is 15.2. The van der Waals surface area contributed by atoms with Gasteiger partial charge >= 0.3 is 0 Å². The highest BCUT2D eigenvalue weighted by molar-refractivity contribution is 6.40. The summed E-state index contributed by atoms with van der Waals surface area (Å²) in [6, 6.07) is 4.91. The maximum atomic E-state index is 13.1. The third-order valence-corrected chi connectivity index (χ3v) is 7.58. The lowest BCUT2D eigenvalue weighted by atomic mass is 10.1. The number of hydrogen-bond donors (Lipinski definition) is 3. The summed E-state index contributed by atoms with van der Waals surface area (Å²) in [4.78, 5) is 26.1. The fourth-order valence-electron chi connectivity index (χ4n) is 4.72. The van der Waals surface area contributed by atoms with Crippen LogP contribution in [0.2, 0.25) is 10.0 Å². The van der Waals surface area contributed by atoms with Gasteiger partial charge in [-0.25, -0.2) is 4.68 Å². The van der Waals surface area contributed by atoms with Gasteiger partial charge in [-0.05, 0) is 44.5 Å². The lowest BCUT2D eigenvalue weighted by molar-refractivity contribution is 0.0653. The van der Waals surface area contributed by atoms with E-state index >= 15 is 0 Å². The SMILES string of the molecule is CCCCCCCCCCCCOCn1cc(NC(=O)c2c(Cl)cccc2Cl)c(C(=O)NC2CCNCC2)n1. The Hall–Kier alpha value is -2.13. The number of anilines is 1. The Morgan fingerprint density at radius 1 is 0.974 bits per heavy atom. The molecule has 0 atom stereocenters. The Labute approximate surface area is 242 Å². The number of benzene rings is 1. The molecule has 1 aliphatic rings. The lowest BCUT2D eigenvalue weighted by Gasteiger charge is -2.23. The maximum absolute atomic E-state index is 13.1. The molecule has 2 aromatic rings. The Morgan fingerprint density at radius 3 is 2.23 bits per heavy atom. The molecule has 8 nitrogen and oxygen atoms in total. The minimum absolute atomic E-state index is 0.0538. The van der Waals surface area contributed by atoms with Crippen LogP contribution in [-0.2, 0) is 11.5 Å². The van der Waals surface area contributed by atoms with E-state index in [1.807, 2.05) is 0 Å². The zero-order valence-corrected chi connectivity index (χ0v) is 24.6. The molecular weight excluding hydrogens is 537 g/mol. The van der Waals surface area contributed by atoms with Gasteiger partial charge in [-0.3, -0.25) is 9.59 Å². The van der Waals surface area contributed by atoms with Crippen LogP contribution >= 0.6 is 23.2 Å². The summed E-state index contributed by atoms with van der Waals surface area (Å²) >= 11 is 12.4. The molecule has 0 unspecified atom stereocenters. The molecule has 3 rings (SSSR count). The van der Waals surface area contributed by atoms with Crippen LogP contribution < -0.4 is 16.0 Å². The van der Waals surface area contributed by atoms with E-state index in [4.69, 9.17) is 27.9 Å². The summed E-state index contributed by atoms with van der Waals surface area (Å²) in [5.41, 5.74) is 0.563. The summed E-state index contributed by atoms with van der Waals surface area (Å²) in [6.07, 6.45) is 15.9. The zero-order chi connectivity index (χ0) is 27.9. The molecule has 2 amide bonds. The minimum Gasteiger partial charge on any atom is -0.359 e. The van der Waals surface area contributed by atoms with E-state index in [-0.39, 0.29) is 45.7 Å². The average Bonchev–Trinajstić information content (AvgIpc) is 3.32. The Kier molecular flexibility index (Phi) is 14.1. The molecule has 39 heavy (non-hydrogen) atoms. The van der Waals surface area contributed by atoms with Crippen molar-refractivity contribution in [3.63, 3.8) is 0 Å². The first kappa shape index (κ1) is 31.4. The molecule has 0 aliphatic carbocycles. The number of aromatic nitrogens is 2. The first-order valence-electron chi connectivity index (χ1n) is 14.4. The van der Waals surface area contributed by atoms with Crippen LogP contribution in [-0.4, -0.2) is 47.3 Å². The fraction of sp³-hybridized carbons (Fsp3) is 0.621. The van der Waals surface area contributed by atoms with Gasteiger partial charge in [-0.1, -0.05) is 94.0 Å². The van der Waals surface area contributed by atoms with Gasteiger partial charge in [0.05, 0.1) is 27.5 Å². The van der Waals surface area contributed by atoms with Crippen molar-refractivity contribution in [2.75, 3.05) is 25.0 Å². The lowest BCUT2D eigenvalue weighted by Crippen LogP contribution is -2.43. The molecule has 1 saturated heterocycles. The van der Waals surface area contributed by atoms with E-state index in [9.17, 15) is 9.59 Å². The molecule has 3 N–H and O–H groups in total. The van der Waals surface area contributed by atoms with Gasteiger partial charge in [-0.2, -0.15) is 5.10 Å². The molecule has 10 heteroatoms. The number of ether oxygens (including phenoxy) is 1. The number of nitrogens with one attached hydrogen (secondary N) is 3. The number of halogens is 2. The second-order valence-corrected chi connectivity index (χ2v) is 11.0. The van der Waals surface area contributed by atoms with Crippen LogP contribution in [0.15, 0.2) is 24.4 Å². The van der Waals surface area contributed by atoms with Crippen LogP contribution in [0.25, 0.3) is 0 Å². The summed E-state index contributed by atoms with van der Waals surface area (Å²) in [6.45, 7) is 4.75. The van der Waals surface area contributed by atoms with Gasteiger partial charge in [0.1, 0.15) is 6.73 Å². The third kappa shape index (κ3) is 10.7. The predicted octanol–water partition coefficient (Wildman–Crippen LogP) is 6.82. The summed E-state index contributed by atoms with van der Waals surface area (Å²) < 4.78 is 7.36. The predicted molar refractivity (Wildman–Crippen MR) is 158 cm³/mol. The largest absolute Gasteiger partial charge is 0.359 e. The van der Waals surface area contributed by atoms with E-state index < -0.39 is 5.91 Å². The number of amides is 2. The first-order chi connectivity index (χ1) is 19.0. The van der Waals surface area contributed by atoms with Crippen molar-refractivity contribution in [3.05, 3.63) is 45.7 Å². The van der Waals surface area contributed by atoms with Crippen LogP contribution in [0.5, 0.6) is 0 Å². The second-order valence-electron chi connectivity index (χ2n) is 10.2. The number of nitrogens with zero attached hydrogens (tertiary/aromatic N) is 2. The molecule has 0 saturated carbocycles. The zero-order valence-electron chi connectivity index (χ0n) is 23.1. The van der Waals surface area contributed by atoms with E-state index in [2.05, 4.69) is 28.0 Å². The molecule has 1 aromatic carbocycles. The van der Waals surface area contributed by atoms with Crippen molar-refractivity contribution in [1.29, 1.82) is 0 Å². The van der Waals surface area contributed by atoms with Crippen LogP contribution in [0.4, 0.5) is 5.69 Å². The van der Waals surface area contributed by atoms with Gasteiger partial charge in [0.2, 0.25) is 0 Å². The van der Waals surface area contributed by atoms with Crippen molar-refractivity contribution in [1.82, 2.24) is 20.4 Å². The molecule has 1 fully saturated rings. The molecule has 0 spiro atoms. The fourth-order valence-corrected chi connectivity index (χ4v) is 5.28. The number of piperidine rings is 1. The Morgan fingerprint density at radius 2 is 1.59 bits per heavy atom. The highest BCUT2D eigenvalue weighted by atomic mass is 35.5. The molecule has 1 aliphatic heterocycles. The Bertz CT molecular complexity index is 1020. The number of carbonyl (C=O) groups is 2. The summed E-state index contributed by atoms with van der Waals surface area (Å²) in [5, 5.41) is 14.0. The van der Waals surface area contributed by atoms with Crippen LogP contribution in [0, 0.1) is 0 Å². The van der Waals surface area contributed by atoms with E-state index in [1.165, 1.54) is 56.0 Å². The highest BCUT2D eigenvalue weighted by Gasteiger charge is 2.24. The monoisotopic (exact) mass is 579 g/mol. The molecule has 216 valence electrons. The van der Waals surface area contributed by atoms with Gasteiger partial charge in [-0.15, -0.1) is 0 Å². The molecule has 1 aromatic heterocycles. The van der Waals surface area contributed by atoms with Crippen molar-refractivity contribution in [2.45, 2.75) is 96.7 Å². The minimum atomic E-state index is -0.507. The summed E-state index contributed by atoms with van der Waals surface area (Å²) in [7, 11) is 0. The Balaban J connectivity index is 1.52. The van der Waals surface area contributed by atoms with Crippen molar-refractivity contribution < 1.29 is 14.3 Å². The van der Waals surface area contributed by atoms with E-state index in [1.54, 1.807) is 24.4 Å². The maximum Gasteiger partial charge on any atom is 0.274 e. The van der Waals surface area contributed by atoms with Gasteiger partial charge in [0.15, 0.2) is 5.69 Å². The topological polar surface area (TPSA) is 97.3 Å². The molecular formula is C29H43Cl2N5O3. The normalized spacial score (nSPS) is 13.9. The van der Waals surface area contributed by atoms with E-state index in [0.717, 1.165) is 38.8 Å².